The minimum Gasteiger partial charge on any atom is -1.00 e. The lowest BCUT2D eigenvalue weighted by atomic mass is 10.2. The second kappa shape index (κ2) is 12.5. The van der Waals surface area contributed by atoms with Gasteiger partial charge < -0.3 is 46.8 Å². The zero-order chi connectivity index (χ0) is 28.2. The summed E-state index contributed by atoms with van der Waals surface area (Å²) in [5, 5.41) is 18.1. The highest BCUT2D eigenvalue weighted by Gasteiger charge is 2.29. The molecule has 0 atom stereocenters. The molecule has 1 aromatic carbocycles. The summed E-state index contributed by atoms with van der Waals surface area (Å²) in [7, 11) is 5.60. The molecule has 3 heterocycles. The van der Waals surface area contributed by atoms with Crippen molar-refractivity contribution in [2.75, 3.05) is 31.3 Å². The van der Waals surface area contributed by atoms with Crippen molar-refractivity contribution in [1.82, 2.24) is 24.5 Å². The van der Waals surface area contributed by atoms with Gasteiger partial charge in [0, 0.05) is 36.7 Å². The van der Waals surface area contributed by atoms with Gasteiger partial charge in [0.05, 0.1) is 32.4 Å². The number of carbonyl (C=O) groups excluding carboxylic acids is 1. The van der Waals surface area contributed by atoms with Crippen molar-refractivity contribution in [2.24, 2.45) is 7.05 Å². The van der Waals surface area contributed by atoms with Crippen molar-refractivity contribution in [1.29, 1.82) is 0 Å². The molecule has 0 saturated carbocycles. The molecule has 12 nitrogen and oxygen atoms in total. The number of carbonyl (C=O) groups is 1. The Labute approximate surface area is 241 Å². The maximum atomic E-state index is 12.6. The monoisotopic (exact) mass is 605 g/mol. The van der Waals surface area contributed by atoms with E-state index < -0.39 is 4.92 Å². The van der Waals surface area contributed by atoms with E-state index in [1.165, 1.54) is 12.4 Å². The highest BCUT2D eigenvalue weighted by Crippen LogP contribution is 2.25. The summed E-state index contributed by atoms with van der Waals surface area (Å²) in [4.78, 5) is 40.5. The van der Waals surface area contributed by atoms with Gasteiger partial charge in [0.1, 0.15) is 24.5 Å². The van der Waals surface area contributed by atoms with Crippen LogP contribution in [0.2, 0.25) is 0 Å². The Morgan fingerprint density at radius 2 is 2.02 bits per heavy atom. The third-order valence-corrected chi connectivity index (χ3v) is 6.10. The summed E-state index contributed by atoms with van der Waals surface area (Å²) in [5.74, 6) is 3.54. The molecule has 40 heavy (non-hydrogen) atoms. The molecule has 0 fully saturated rings. The number of terminal acetylenes is 1. The maximum absolute atomic E-state index is 12.6. The van der Waals surface area contributed by atoms with E-state index in [1.807, 2.05) is 38.4 Å². The second-order valence-corrected chi connectivity index (χ2v) is 9.57. The van der Waals surface area contributed by atoms with E-state index in [0.717, 1.165) is 11.3 Å². The molecule has 13 heteroatoms. The van der Waals surface area contributed by atoms with Crippen LogP contribution >= 0.6 is 0 Å². The van der Waals surface area contributed by atoms with Crippen LogP contribution in [0.3, 0.4) is 0 Å². The van der Waals surface area contributed by atoms with Gasteiger partial charge in [-0.3, -0.25) is 4.79 Å². The molecule has 4 aromatic rings. The van der Waals surface area contributed by atoms with E-state index in [9.17, 15) is 14.9 Å². The van der Waals surface area contributed by atoms with Crippen LogP contribution in [0.15, 0.2) is 55.0 Å². The lowest BCUT2D eigenvalue weighted by Crippen LogP contribution is -3.00. The van der Waals surface area contributed by atoms with Crippen molar-refractivity contribution in [3.8, 4) is 12.3 Å². The van der Waals surface area contributed by atoms with Gasteiger partial charge in [-0.25, -0.2) is 15.0 Å². The third-order valence-electron chi connectivity index (χ3n) is 6.10. The standard InChI is InChI=1S/C27H27N9O3.BrH/c1-6-19-9-7-10-20(13-19)32-26-21-14-24(28-15-22(21)29-17-30-26)33-25(37)11-8-12-36(4,5)16-23-27(35(38)39)31-18(2)34(23)3;/h1,7-11,13-15,17H,12,16H2,2-5H3,(H-,28,29,30,32,33,37);1H/b11-8+;. The first kappa shape index (κ1) is 29.9. The number of nitro groups is 1. The Morgan fingerprint density at radius 3 is 2.75 bits per heavy atom. The first-order valence-corrected chi connectivity index (χ1v) is 12.0. The Bertz CT molecular complexity index is 1640. The summed E-state index contributed by atoms with van der Waals surface area (Å²) in [6.45, 7) is 2.55. The molecule has 0 aliphatic carbocycles. The van der Waals surface area contributed by atoms with Gasteiger partial charge in [-0.1, -0.05) is 12.0 Å². The number of pyridine rings is 1. The normalized spacial score (nSPS) is 11.2. The summed E-state index contributed by atoms with van der Waals surface area (Å²) in [6, 6.07) is 9.07. The van der Waals surface area contributed by atoms with Gasteiger partial charge >= 0.3 is 5.82 Å². The number of rotatable bonds is 9. The predicted molar refractivity (Wildman–Crippen MR) is 148 cm³/mol. The quantitative estimate of drug-likeness (QED) is 0.0922. The first-order chi connectivity index (χ1) is 18.6. The van der Waals surface area contributed by atoms with E-state index >= 15 is 0 Å². The number of anilines is 3. The van der Waals surface area contributed by atoms with Gasteiger partial charge in [0.2, 0.25) is 11.7 Å². The first-order valence-electron chi connectivity index (χ1n) is 12.0. The molecule has 0 spiro atoms. The van der Waals surface area contributed by atoms with E-state index in [-0.39, 0.29) is 28.7 Å². The molecule has 0 saturated heterocycles. The van der Waals surface area contributed by atoms with Gasteiger partial charge in [-0.2, -0.15) is 0 Å². The number of fused-ring (bicyclic) bond motifs is 1. The van der Waals surface area contributed by atoms with Crippen LogP contribution in [-0.2, 0) is 18.4 Å². The number of quaternary nitrogens is 1. The number of aryl methyl sites for hydroxylation is 1. The number of hydrogen-bond donors (Lipinski definition) is 2. The molecule has 2 N–H and O–H groups in total. The van der Waals surface area contributed by atoms with E-state index in [2.05, 4.69) is 36.5 Å². The van der Waals surface area contributed by atoms with Crippen LogP contribution in [-0.4, -0.2) is 60.5 Å². The number of likely N-dealkylation sites (N-methyl/N-ethyl adjacent to an activating group) is 1. The van der Waals surface area contributed by atoms with Crippen LogP contribution in [0.4, 0.5) is 23.1 Å². The minimum absolute atomic E-state index is 0. The predicted octanol–water partition coefficient (Wildman–Crippen LogP) is 0.475. The molecular weight excluding hydrogens is 578 g/mol. The number of amides is 1. The number of halogens is 1. The Kier molecular flexibility index (Phi) is 9.31. The van der Waals surface area contributed by atoms with Crippen molar-refractivity contribution in [3.63, 3.8) is 0 Å². The molecule has 206 valence electrons. The number of benzene rings is 1. The number of hydrogen-bond acceptors (Lipinski definition) is 8. The largest absolute Gasteiger partial charge is 1.00 e. The molecule has 0 aliphatic rings. The fourth-order valence-corrected chi connectivity index (χ4v) is 3.99. The lowest BCUT2D eigenvalue weighted by molar-refractivity contribution is -0.898. The number of aromatic nitrogens is 5. The van der Waals surface area contributed by atoms with Crippen molar-refractivity contribution in [3.05, 3.63) is 82.2 Å². The van der Waals surface area contributed by atoms with Crippen molar-refractivity contribution in [2.45, 2.75) is 13.5 Å². The summed E-state index contributed by atoms with van der Waals surface area (Å²) >= 11 is 0. The van der Waals surface area contributed by atoms with Crippen LogP contribution in [0.1, 0.15) is 17.1 Å². The fraction of sp³-hybridized carbons (Fsp3) is 0.222. The molecule has 0 unspecified atom stereocenters. The fourth-order valence-electron chi connectivity index (χ4n) is 3.99. The SMILES string of the molecule is C#Cc1cccc(Nc2ncnc3cnc(NC(=O)/C=C/C[N+](C)(C)Cc4c([N+](=O)[O-])nc(C)n4C)cc23)c1.[Br-]. The van der Waals surface area contributed by atoms with Crippen molar-refractivity contribution < 1.29 is 31.2 Å². The van der Waals surface area contributed by atoms with Crippen LogP contribution < -0.4 is 27.6 Å². The Morgan fingerprint density at radius 1 is 1.25 bits per heavy atom. The molecule has 4 rings (SSSR count). The van der Waals surface area contributed by atoms with Crippen LogP contribution in [0.5, 0.6) is 0 Å². The average Bonchev–Trinajstić information content (AvgIpc) is 3.17. The molecule has 0 radical (unpaired) electrons. The van der Waals surface area contributed by atoms with Gasteiger partial charge in [0.25, 0.3) is 0 Å². The number of nitrogens with one attached hydrogen (secondary N) is 2. The zero-order valence-corrected chi connectivity index (χ0v) is 24.0. The third kappa shape index (κ3) is 7.04. The van der Waals surface area contributed by atoms with Crippen LogP contribution in [0, 0.1) is 29.4 Å². The molecule has 3 aromatic heterocycles. The minimum atomic E-state index is -0.470. The summed E-state index contributed by atoms with van der Waals surface area (Å²) < 4.78 is 2.10. The molecule has 1 amide bonds. The second-order valence-electron chi connectivity index (χ2n) is 9.57. The van der Waals surface area contributed by atoms with Gasteiger partial charge in [-0.05, 0) is 40.2 Å². The topological polar surface area (TPSA) is 141 Å². The smallest absolute Gasteiger partial charge is 0.391 e. The molecular formula is C27H28BrN9O3. The van der Waals surface area contributed by atoms with Crippen LogP contribution in [0.25, 0.3) is 10.9 Å². The molecule has 0 bridgehead atoms. The van der Waals surface area contributed by atoms with E-state index in [4.69, 9.17) is 6.42 Å². The maximum Gasteiger partial charge on any atom is 0.391 e. The van der Waals surface area contributed by atoms with Gasteiger partial charge in [0.15, 0.2) is 5.69 Å². The lowest BCUT2D eigenvalue weighted by Gasteiger charge is -2.28. The van der Waals surface area contributed by atoms with E-state index in [0.29, 0.717) is 51.6 Å². The Balaban J connectivity index is 0.00000441. The van der Waals surface area contributed by atoms with E-state index in [1.54, 1.807) is 36.9 Å². The summed E-state index contributed by atoms with van der Waals surface area (Å²) in [6.07, 6.45) is 11.6. The highest BCUT2D eigenvalue weighted by atomic mass is 79.9. The number of imidazole rings is 1. The molecule has 0 aliphatic heterocycles. The average molecular weight is 606 g/mol. The number of nitrogens with zero attached hydrogens (tertiary/aromatic N) is 7. The Hall–Kier alpha value is -4.67. The summed E-state index contributed by atoms with van der Waals surface area (Å²) in [5.41, 5.74) is 2.63. The van der Waals surface area contributed by atoms with Crippen molar-refractivity contribution >= 4 is 40.0 Å². The highest BCUT2D eigenvalue weighted by molar-refractivity contribution is 6.00. The zero-order valence-electron chi connectivity index (χ0n) is 22.4. The van der Waals surface area contributed by atoms with Gasteiger partial charge in [-0.15, -0.1) is 6.42 Å².